The van der Waals surface area contributed by atoms with Crippen LogP contribution in [0, 0.1) is 10.1 Å². The minimum atomic E-state index is -0.796. The Labute approximate surface area is 141 Å². The maximum absolute atomic E-state index is 11.9. The number of nitrogens with zero attached hydrogens (tertiary/aromatic N) is 1. The van der Waals surface area contributed by atoms with Gasteiger partial charge in [0.15, 0.2) is 0 Å². The van der Waals surface area contributed by atoms with Gasteiger partial charge in [0.2, 0.25) is 5.75 Å². The van der Waals surface area contributed by atoms with E-state index < -0.39 is 22.5 Å². The van der Waals surface area contributed by atoms with Crippen molar-refractivity contribution in [2.45, 2.75) is 38.1 Å². The molecule has 2 rings (SSSR count). The number of carbonyl (C=O) groups is 1. The first-order valence-corrected chi connectivity index (χ1v) is 7.83. The molecule has 1 aromatic rings. The molecule has 1 aliphatic carbocycles. The van der Waals surface area contributed by atoms with Crippen molar-refractivity contribution in [2.75, 3.05) is 0 Å². The third-order valence-electron chi connectivity index (χ3n) is 3.41. The predicted molar refractivity (Wildman–Crippen MR) is 84.2 cm³/mol. The molecule has 1 saturated carbocycles. The Morgan fingerprint density at radius 2 is 1.86 bits per heavy atom. The van der Waals surface area contributed by atoms with Gasteiger partial charge in [-0.15, -0.1) is 0 Å². The molecule has 1 N–H and O–H groups in total. The Hall–Kier alpha value is -1.24. The van der Waals surface area contributed by atoms with Gasteiger partial charge in [0.05, 0.1) is 15.0 Å². The summed E-state index contributed by atoms with van der Waals surface area (Å²) in [6.45, 7) is 0. The van der Waals surface area contributed by atoms with E-state index in [-0.39, 0.29) is 21.1 Å². The van der Waals surface area contributed by atoms with Crippen molar-refractivity contribution in [1.29, 1.82) is 0 Å². The molecule has 0 radical (unpaired) electrons. The lowest BCUT2D eigenvalue weighted by atomic mass is 9.96. The number of nitro groups is 1. The molecule has 1 aliphatic rings. The van der Waals surface area contributed by atoms with Crippen molar-refractivity contribution in [1.82, 2.24) is 5.32 Å². The number of rotatable bonds is 3. The average molecular weight is 368 g/mol. The molecule has 22 heavy (non-hydrogen) atoms. The molecule has 0 aliphatic heterocycles. The summed E-state index contributed by atoms with van der Waals surface area (Å²) in [5.41, 5.74) is -0.627. The van der Waals surface area contributed by atoms with Gasteiger partial charge in [0, 0.05) is 6.04 Å². The number of benzene rings is 1. The lowest BCUT2D eigenvalue weighted by Crippen LogP contribution is -2.38. The number of halogens is 3. The van der Waals surface area contributed by atoms with Crippen LogP contribution in [-0.4, -0.2) is 17.1 Å². The Balaban J connectivity index is 2.19. The van der Waals surface area contributed by atoms with Crippen molar-refractivity contribution in [2.24, 2.45) is 0 Å². The first-order chi connectivity index (χ1) is 10.4. The predicted octanol–water partition coefficient (Wildman–Crippen LogP) is 4.98. The molecule has 9 heteroatoms. The number of ether oxygens (including phenoxy) is 1. The van der Waals surface area contributed by atoms with E-state index in [1.54, 1.807) is 0 Å². The number of hydrogen-bond acceptors (Lipinski definition) is 4. The Morgan fingerprint density at radius 3 is 2.45 bits per heavy atom. The van der Waals surface area contributed by atoms with E-state index in [1.165, 1.54) is 6.07 Å². The van der Waals surface area contributed by atoms with Crippen LogP contribution >= 0.6 is 34.8 Å². The summed E-state index contributed by atoms with van der Waals surface area (Å²) < 4.78 is 5.01. The van der Waals surface area contributed by atoms with E-state index in [2.05, 4.69) is 5.32 Å². The largest absolute Gasteiger partial charge is 0.413 e. The number of carbonyl (C=O) groups excluding carboxylic acids is 1. The van der Waals surface area contributed by atoms with Crippen LogP contribution in [-0.2, 0) is 0 Å². The molecular weight excluding hydrogens is 355 g/mol. The van der Waals surface area contributed by atoms with Gasteiger partial charge >= 0.3 is 11.8 Å². The zero-order chi connectivity index (χ0) is 16.3. The Morgan fingerprint density at radius 1 is 1.23 bits per heavy atom. The normalized spacial score (nSPS) is 15.4. The first-order valence-electron chi connectivity index (χ1n) is 6.70. The molecule has 1 amide bonds. The number of hydrogen-bond donors (Lipinski definition) is 1. The highest BCUT2D eigenvalue weighted by atomic mass is 35.5. The Kier molecular flexibility index (Phi) is 5.72. The number of nitrogens with one attached hydrogen (secondary N) is 1. The monoisotopic (exact) mass is 366 g/mol. The van der Waals surface area contributed by atoms with Gasteiger partial charge in [0.1, 0.15) is 5.02 Å². The molecule has 0 unspecified atom stereocenters. The van der Waals surface area contributed by atoms with E-state index in [9.17, 15) is 14.9 Å². The highest BCUT2D eigenvalue weighted by Gasteiger charge is 2.29. The molecule has 0 heterocycles. The van der Waals surface area contributed by atoms with E-state index >= 15 is 0 Å². The lowest BCUT2D eigenvalue weighted by molar-refractivity contribution is -0.385. The topological polar surface area (TPSA) is 81.5 Å². The van der Waals surface area contributed by atoms with Crippen LogP contribution in [0.25, 0.3) is 0 Å². The molecule has 1 aromatic carbocycles. The van der Waals surface area contributed by atoms with Gasteiger partial charge in [-0.1, -0.05) is 54.1 Å². The second-order valence-corrected chi connectivity index (χ2v) is 6.15. The van der Waals surface area contributed by atoms with Gasteiger partial charge in [-0.25, -0.2) is 4.79 Å². The average Bonchev–Trinajstić information content (AvgIpc) is 2.45. The molecule has 120 valence electrons. The summed E-state index contributed by atoms with van der Waals surface area (Å²) in [4.78, 5) is 22.2. The lowest BCUT2D eigenvalue weighted by Gasteiger charge is -2.22. The maximum atomic E-state index is 11.9. The van der Waals surface area contributed by atoms with Crippen LogP contribution in [0.3, 0.4) is 0 Å². The quantitative estimate of drug-likeness (QED) is 0.464. The minimum Gasteiger partial charge on any atom is -0.401 e. The smallest absolute Gasteiger partial charge is 0.401 e. The van der Waals surface area contributed by atoms with Gasteiger partial charge in [-0.2, -0.15) is 0 Å². The van der Waals surface area contributed by atoms with Crippen LogP contribution in [0.1, 0.15) is 32.1 Å². The van der Waals surface area contributed by atoms with Crippen LogP contribution in [0.4, 0.5) is 10.5 Å². The van der Waals surface area contributed by atoms with Crippen molar-refractivity contribution < 1.29 is 14.5 Å². The molecule has 1 fully saturated rings. The SMILES string of the molecule is O=C(NC1CCCCC1)Oc1c(Cl)cc(Cl)c(Cl)c1[N+](=O)[O-]. The summed E-state index contributed by atoms with van der Waals surface area (Å²) in [7, 11) is 0. The zero-order valence-corrected chi connectivity index (χ0v) is 13.7. The van der Waals surface area contributed by atoms with Crippen LogP contribution in [0.5, 0.6) is 5.75 Å². The number of nitro benzene ring substituents is 1. The molecule has 6 nitrogen and oxygen atoms in total. The van der Waals surface area contributed by atoms with Crippen LogP contribution < -0.4 is 10.1 Å². The van der Waals surface area contributed by atoms with Crippen molar-refractivity contribution in [3.63, 3.8) is 0 Å². The van der Waals surface area contributed by atoms with Gasteiger partial charge < -0.3 is 10.1 Å². The van der Waals surface area contributed by atoms with E-state index in [4.69, 9.17) is 39.5 Å². The second kappa shape index (κ2) is 7.35. The van der Waals surface area contributed by atoms with E-state index in [0.717, 1.165) is 32.1 Å². The van der Waals surface area contributed by atoms with Gasteiger partial charge in [-0.05, 0) is 18.9 Å². The van der Waals surface area contributed by atoms with Crippen LogP contribution in [0.2, 0.25) is 15.1 Å². The van der Waals surface area contributed by atoms with Crippen molar-refractivity contribution in [3.05, 3.63) is 31.2 Å². The molecule has 0 atom stereocenters. The molecule has 0 saturated heterocycles. The highest BCUT2D eigenvalue weighted by Crippen LogP contribution is 2.44. The second-order valence-electron chi connectivity index (χ2n) is 4.96. The number of amides is 1. The molecule has 0 spiro atoms. The maximum Gasteiger partial charge on any atom is 0.413 e. The standard InChI is InChI=1S/C13H13Cl3N2O4/c14-8-6-9(15)12(11(10(8)16)18(20)21)22-13(19)17-7-4-2-1-3-5-7/h6-7H,1-5H2,(H,17,19). The fraction of sp³-hybridized carbons (Fsp3) is 0.462. The third kappa shape index (κ3) is 3.94. The molecular formula is C13H13Cl3N2O4. The summed E-state index contributed by atoms with van der Waals surface area (Å²) >= 11 is 17.4. The third-order valence-corrected chi connectivity index (χ3v) is 4.47. The fourth-order valence-corrected chi connectivity index (χ4v) is 3.06. The summed E-state index contributed by atoms with van der Waals surface area (Å²) in [5.74, 6) is -0.408. The molecule has 0 aromatic heterocycles. The molecule has 0 bridgehead atoms. The summed E-state index contributed by atoms with van der Waals surface area (Å²) in [6, 6.07) is 1.20. The Bertz CT molecular complexity index is 603. The first kappa shape index (κ1) is 17.1. The highest BCUT2D eigenvalue weighted by molar-refractivity contribution is 6.45. The summed E-state index contributed by atoms with van der Waals surface area (Å²) in [6.07, 6.45) is 4.10. The fourth-order valence-electron chi connectivity index (χ4n) is 2.36. The van der Waals surface area contributed by atoms with Crippen molar-refractivity contribution >= 4 is 46.6 Å². The van der Waals surface area contributed by atoms with E-state index in [0.29, 0.717) is 0 Å². The van der Waals surface area contributed by atoms with Gasteiger partial charge in [0.25, 0.3) is 0 Å². The van der Waals surface area contributed by atoms with Crippen molar-refractivity contribution in [3.8, 4) is 5.75 Å². The zero-order valence-electron chi connectivity index (χ0n) is 11.4. The minimum absolute atomic E-state index is 0.00172. The van der Waals surface area contributed by atoms with Gasteiger partial charge in [-0.3, -0.25) is 10.1 Å². The van der Waals surface area contributed by atoms with Crippen LogP contribution in [0.15, 0.2) is 6.07 Å². The van der Waals surface area contributed by atoms with E-state index in [1.807, 2.05) is 0 Å². The summed E-state index contributed by atoms with van der Waals surface area (Å²) in [5, 5.41) is 13.2.